The molecule has 4 rings (SSSR count). The Morgan fingerprint density at radius 1 is 1.13 bits per heavy atom. The molecule has 1 aromatic heterocycles. The highest BCUT2D eigenvalue weighted by Crippen LogP contribution is 2.21. The predicted molar refractivity (Wildman–Crippen MR) is 143 cm³/mol. The first-order chi connectivity index (χ1) is 18.5. The van der Waals surface area contributed by atoms with Crippen LogP contribution in [0.15, 0.2) is 51.5 Å². The van der Waals surface area contributed by atoms with Crippen molar-refractivity contribution in [3.05, 3.63) is 74.0 Å². The summed E-state index contributed by atoms with van der Waals surface area (Å²) in [6, 6.07) is 7.13. The maximum atomic E-state index is 12.8. The minimum Gasteiger partial charge on any atom is -0.446 e. The number of pyridine rings is 1. The van der Waals surface area contributed by atoms with Gasteiger partial charge in [-0.3, -0.25) is 14.4 Å². The van der Waals surface area contributed by atoms with Gasteiger partial charge in [-0.2, -0.15) is 0 Å². The van der Waals surface area contributed by atoms with Crippen LogP contribution in [-0.2, 0) is 32.3 Å². The molecule has 1 fully saturated rings. The molecule has 2 N–H and O–H groups in total. The topological polar surface area (TPSA) is 146 Å². The number of halogens is 1. The molecule has 2 aliphatic heterocycles. The number of likely N-dealkylation sites (tertiary alicyclic amines) is 1. The smallest absolute Gasteiger partial charge is 0.410 e. The van der Waals surface area contributed by atoms with Crippen LogP contribution in [0, 0.1) is 0 Å². The summed E-state index contributed by atoms with van der Waals surface area (Å²) in [7, 11) is -3.72. The van der Waals surface area contributed by atoms with Crippen LogP contribution in [0.25, 0.3) is 0 Å². The van der Waals surface area contributed by atoms with E-state index in [4.69, 9.17) is 16.3 Å². The van der Waals surface area contributed by atoms with Gasteiger partial charge in [0.1, 0.15) is 11.7 Å². The average Bonchev–Trinajstić information content (AvgIpc) is 2.91. The lowest BCUT2D eigenvalue weighted by Gasteiger charge is -2.33. The molecule has 1 aromatic carbocycles. The van der Waals surface area contributed by atoms with Crippen LogP contribution in [0.4, 0.5) is 4.79 Å². The van der Waals surface area contributed by atoms with E-state index in [1.165, 1.54) is 48.2 Å². The minimum absolute atomic E-state index is 0.000223. The standard InChI is InChI=1S/C26H29ClN4O7S/c1-17(32)30-11-7-20(8-12-30)38-26(35)31-13-9-23-18(16-31)15-22(25(34)29-23)24(33)28-10-2-14-39(36,37)21-5-3-19(27)4-6-21/h2-6,14-15,20H,7-13,16H2,1H3,(H,28,33)(H,29,34)/b14-2+. The highest BCUT2D eigenvalue weighted by atomic mass is 35.5. The lowest BCUT2D eigenvalue weighted by molar-refractivity contribution is -0.130. The van der Waals surface area contributed by atoms with Crippen LogP contribution < -0.4 is 10.9 Å². The number of nitrogens with one attached hydrogen (secondary N) is 2. The lowest BCUT2D eigenvalue weighted by Crippen LogP contribution is -2.43. The fraction of sp³-hybridized carbons (Fsp3) is 0.385. The van der Waals surface area contributed by atoms with Gasteiger partial charge >= 0.3 is 6.09 Å². The van der Waals surface area contributed by atoms with Gasteiger partial charge in [-0.1, -0.05) is 17.7 Å². The van der Waals surface area contributed by atoms with Crippen molar-refractivity contribution in [2.75, 3.05) is 26.2 Å². The number of ether oxygens (including phenoxy) is 1. The molecule has 208 valence electrons. The number of benzene rings is 1. The third-order valence-corrected chi connectivity index (χ3v) is 8.40. The quantitative estimate of drug-likeness (QED) is 0.536. The van der Waals surface area contributed by atoms with Gasteiger partial charge in [0.25, 0.3) is 11.5 Å². The molecular formula is C26H29ClN4O7S. The lowest BCUT2D eigenvalue weighted by atomic mass is 10.0. The van der Waals surface area contributed by atoms with E-state index in [-0.39, 0.29) is 35.6 Å². The Kier molecular flexibility index (Phi) is 8.76. The van der Waals surface area contributed by atoms with Gasteiger partial charge in [-0.15, -0.1) is 0 Å². The molecule has 0 atom stereocenters. The summed E-state index contributed by atoms with van der Waals surface area (Å²) in [5.74, 6) is -0.676. The van der Waals surface area contributed by atoms with Crippen molar-refractivity contribution in [2.45, 2.75) is 43.7 Å². The first-order valence-corrected chi connectivity index (χ1v) is 14.4. The number of fused-ring (bicyclic) bond motifs is 1. The van der Waals surface area contributed by atoms with E-state index in [0.717, 1.165) is 5.41 Å². The number of aromatic amines is 1. The zero-order valence-electron chi connectivity index (χ0n) is 21.3. The highest BCUT2D eigenvalue weighted by molar-refractivity contribution is 7.94. The molecule has 1 saturated heterocycles. The molecule has 11 nitrogen and oxygen atoms in total. The molecule has 0 aliphatic carbocycles. The second-order valence-electron chi connectivity index (χ2n) is 9.36. The van der Waals surface area contributed by atoms with Crippen LogP contribution in [0.3, 0.4) is 0 Å². The molecule has 0 saturated carbocycles. The molecule has 0 radical (unpaired) electrons. The van der Waals surface area contributed by atoms with E-state index in [1.54, 1.807) is 4.90 Å². The van der Waals surface area contributed by atoms with Gasteiger partial charge in [0.15, 0.2) is 9.84 Å². The summed E-state index contributed by atoms with van der Waals surface area (Å²) in [6.07, 6.45) is 2.06. The van der Waals surface area contributed by atoms with E-state index in [0.29, 0.717) is 55.2 Å². The zero-order chi connectivity index (χ0) is 28.2. The van der Waals surface area contributed by atoms with Crippen molar-refractivity contribution < 1.29 is 27.5 Å². The van der Waals surface area contributed by atoms with E-state index >= 15 is 0 Å². The predicted octanol–water partition coefficient (Wildman–Crippen LogP) is 2.25. The molecule has 2 aromatic rings. The van der Waals surface area contributed by atoms with Crippen LogP contribution in [0.5, 0.6) is 0 Å². The van der Waals surface area contributed by atoms with E-state index in [1.807, 2.05) is 0 Å². The molecule has 13 heteroatoms. The number of carbonyl (C=O) groups excluding carboxylic acids is 3. The molecule has 39 heavy (non-hydrogen) atoms. The van der Waals surface area contributed by atoms with Gasteiger partial charge in [0.2, 0.25) is 5.91 Å². The maximum absolute atomic E-state index is 12.8. The SMILES string of the molecule is CC(=O)N1CCC(OC(=O)N2CCc3[nH]c(=O)c(C(=O)NC/C=C/S(=O)(=O)c4ccc(Cl)cc4)cc3C2)CC1. The molecular weight excluding hydrogens is 548 g/mol. The summed E-state index contributed by atoms with van der Waals surface area (Å²) >= 11 is 5.79. The second-order valence-corrected chi connectivity index (χ2v) is 11.6. The summed E-state index contributed by atoms with van der Waals surface area (Å²) in [5, 5.41) is 3.90. The minimum atomic E-state index is -3.72. The molecule has 0 spiro atoms. The number of nitrogens with zero attached hydrogens (tertiary/aromatic N) is 2. The average molecular weight is 577 g/mol. The summed E-state index contributed by atoms with van der Waals surface area (Å²) in [5.41, 5.74) is 0.548. The van der Waals surface area contributed by atoms with Gasteiger partial charge < -0.3 is 24.8 Å². The Morgan fingerprint density at radius 3 is 2.49 bits per heavy atom. The summed E-state index contributed by atoms with van der Waals surface area (Å²) in [6.45, 7) is 2.99. The van der Waals surface area contributed by atoms with Gasteiger partial charge in [-0.25, -0.2) is 13.2 Å². The van der Waals surface area contributed by atoms with Crippen molar-refractivity contribution in [1.82, 2.24) is 20.1 Å². The molecule has 3 amide bonds. The third-order valence-electron chi connectivity index (χ3n) is 6.66. The number of carbonyl (C=O) groups is 3. The molecule has 3 heterocycles. The van der Waals surface area contributed by atoms with E-state index in [9.17, 15) is 27.6 Å². The van der Waals surface area contributed by atoms with Crippen LogP contribution in [0.2, 0.25) is 5.02 Å². The van der Waals surface area contributed by atoms with Crippen LogP contribution >= 0.6 is 11.6 Å². The largest absolute Gasteiger partial charge is 0.446 e. The second kappa shape index (κ2) is 12.0. The van der Waals surface area contributed by atoms with E-state index < -0.39 is 27.4 Å². The van der Waals surface area contributed by atoms with Gasteiger partial charge in [0.05, 0.1) is 11.4 Å². The van der Waals surface area contributed by atoms with Crippen molar-refractivity contribution in [3.8, 4) is 0 Å². The van der Waals surface area contributed by atoms with Gasteiger partial charge in [-0.05, 0) is 35.9 Å². The van der Waals surface area contributed by atoms with Crippen LogP contribution in [0.1, 0.15) is 41.4 Å². The first kappa shape index (κ1) is 28.4. The Morgan fingerprint density at radius 2 is 1.82 bits per heavy atom. The number of piperidine rings is 1. The fourth-order valence-corrected chi connectivity index (χ4v) is 5.61. The summed E-state index contributed by atoms with van der Waals surface area (Å²) in [4.78, 5) is 55.5. The molecule has 0 bridgehead atoms. The highest BCUT2D eigenvalue weighted by Gasteiger charge is 2.28. The van der Waals surface area contributed by atoms with Crippen molar-refractivity contribution in [2.24, 2.45) is 0 Å². The summed E-state index contributed by atoms with van der Waals surface area (Å²) < 4.78 is 30.4. The maximum Gasteiger partial charge on any atom is 0.410 e. The number of rotatable bonds is 6. The molecule has 0 unspecified atom stereocenters. The fourth-order valence-electron chi connectivity index (χ4n) is 4.46. The third kappa shape index (κ3) is 7.07. The Bertz CT molecular complexity index is 1450. The number of hydrogen-bond donors (Lipinski definition) is 2. The van der Waals surface area contributed by atoms with Crippen LogP contribution in [-0.4, -0.2) is 73.4 Å². The normalized spacial score (nSPS) is 16.2. The van der Waals surface area contributed by atoms with Crippen molar-refractivity contribution >= 4 is 39.3 Å². The Labute approximate surface area is 230 Å². The number of amides is 3. The first-order valence-electron chi connectivity index (χ1n) is 12.4. The Hall–Kier alpha value is -3.64. The van der Waals surface area contributed by atoms with Gasteiger partial charge in [0, 0.05) is 68.5 Å². The van der Waals surface area contributed by atoms with Crippen molar-refractivity contribution in [1.29, 1.82) is 0 Å². The Balaban J connectivity index is 1.34. The zero-order valence-corrected chi connectivity index (χ0v) is 22.9. The number of H-pyrrole nitrogens is 1. The monoisotopic (exact) mass is 576 g/mol. The molecule has 2 aliphatic rings. The van der Waals surface area contributed by atoms with E-state index in [2.05, 4.69) is 10.3 Å². The number of hydrogen-bond acceptors (Lipinski definition) is 7. The van der Waals surface area contributed by atoms with Crippen molar-refractivity contribution in [3.63, 3.8) is 0 Å². The number of sulfone groups is 1. The number of aromatic nitrogens is 1.